The predicted octanol–water partition coefficient (Wildman–Crippen LogP) is 2.56. The number of aromatic nitrogens is 2. The van der Waals surface area contributed by atoms with E-state index < -0.39 is 0 Å². The van der Waals surface area contributed by atoms with Gasteiger partial charge < -0.3 is 24.4 Å². The van der Waals surface area contributed by atoms with Crippen LogP contribution in [0, 0.1) is 5.92 Å². The lowest BCUT2D eigenvalue weighted by Gasteiger charge is -2.30. The number of anilines is 1. The minimum atomic E-state index is -0.0399. The lowest BCUT2D eigenvalue weighted by molar-refractivity contribution is -0.125. The first-order chi connectivity index (χ1) is 14.7. The van der Waals surface area contributed by atoms with Gasteiger partial charge in [0, 0.05) is 25.2 Å². The molecule has 2 fully saturated rings. The van der Waals surface area contributed by atoms with Crippen molar-refractivity contribution in [2.75, 3.05) is 51.3 Å². The number of nitrogens with zero attached hydrogens (tertiary/aromatic N) is 4. The molecule has 2 aliphatic heterocycles. The zero-order valence-corrected chi connectivity index (χ0v) is 17.7. The fraction of sp³-hybridized carbons (Fsp3) is 0.591. The highest BCUT2D eigenvalue weighted by Gasteiger charge is 2.28. The molecule has 8 nitrogen and oxygen atoms in total. The van der Waals surface area contributed by atoms with Crippen LogP contribution in [0.4, 0.5) is 6.01 Å². The Morgan fingerprint density at radius 3 is 2.77 bits per heavy atom. The van der Waals surface area contributed by atoms with Crippen LogP contribution >= 0.6 is 0 Å². The zero-order valence-electron chi connectivity index (χ0n) is 17.7. The molecule has 8 heteroatoms. The largest absolute Gasteiger partial charge is 0.497 e. The smallest absolute Gasteiger partial charge is 0.324 e. The van der Waals surface area contributed by atoms with Crippen molar-refractivity contribution in [3.05, 3.63) is 24.3 Å². The summed E-state index contributed by atoms with van der Waals surface area (Å²) in [4.78, 5) is 21.7. The number of hydrogen-bond acceptors (Lipinski definition) is 7. The number of methoxy groups -OCH3 is 1. The van der Waals surface area contributed by atoms with Crippen LogP contribution in [-0.2, 0) is 4.79 Å². The van der Waals surface area contributed by atoms with Gasteiger partial charge in [0.2, 0.25) is 11.7 Å². The second-order valence-corrected chi connectivity index (χ2v) is 8.11. The van der Waals surface area contributed by atoms with Crippen molar-refractivity contribution >= 4 is 11.9 Å². The molecule has 30 heavy (non-hydrogen) atoms. The summed E-state index contributed by atoms with van der Waals surface area (Å²) in [6.45, 7) is 5.66. The molecule has 1 aromatic heterocycles. The van der Waals surface area contributed by atoms with E-state index in [1.807, 2.05) is 29.2 Å². The maximum absolute atomic E-state index is 12.6. The molecule has 0 spiro atoms. The average molecular weight is 414 g/mol. The van der Waals surface area contributed by atoms with E-state index in [0.717, 1.165) is 50.2 Å². The number of amides is 1. The number of nitrogens with one attached hydrogen (secondary N) is 1. The third-order valence-electron chi connectivity index (χ3n) is 5.98. The van der Waals surface area contributed by atoms with E-state index in [9.17, 15) is 4.79 Å². The van der Waals surface area contributed by atoms with Crippen LogP contribution in [0.1, 0.15) is 32.1 Å². The molecule has 0 saturated carbocycles. The summed E-state index contributed by atoms with van der Waals surface area (Å²) in [6.07, 6.45) is 5.46. The first-order valence-corrected chi connectivity index (χ1v) is 11.0. The Balaban J connectivity index is 1.28. The lowest BCUT2D eigenvalue weighted by atomic mass is 9.97. The van der Waals surface area contributed by atoms with E-state index in [1.54, 1.807) is 7.11 Å². The number of rotatable bonds is 8. The van der Waals surface area contributed by atoms with Crippen LogP contribution in [0.2, 0.25) is 0 Å². The molecular formula is C22H31N5O3. The molecule has 2 aromatic rings. The standard InChI is InChI=1S/C22H31N5O3/c1-29-19-9-7-17(8-10-19)20-24-22(30-25-20)27-15-4-6-18(16-27)21(28)23-11-5-14-26-12-2-3-13-26/h7-10,18H,2-6,11-16H2,1H3,(H,23,28)/t18-/m0/s1. The van der Waals surface area contributed by atoms with Crippen molar-refractivity contribution in [1.29, 1.82) is 0 Å². The van der Waals surface area contributed by atoms with Gasteiger partial charge in [0.05, 0.1) is 13.0 Å². The zero-order chi connectivity index (χ0) is 20.8. The third-order valence-corrected chi connectivity index (χ3v) is 5.98. The van der Waals surface area contributed by atoms with Crippen LogP contribution in [0.25, 0.3) is 11.4 Å². The van der Waals surface area contributed by atoms with Gasteiger partial charge in [0.15, 0.2) is 0 Å². The molecule has 1 aromatic carbocycles. The van der Waals surface area contributed by atoms with E-state index in [4.69, 9.17) is 9.26 Å². The molecular weight excluding hydrogens is 382 g/mol. The van der Waals surface area contributed by atoms with Gasteiger partial charge in [-0.05, 0) is 76.0 Å². The van der Waals surface area contributed by atoms with Gasteiger partial charge in [-0.3, -0.25) is 4.79 Å². The summed E-state index contributed by atoms with van der Waals surface area (Å²) in [6, 6.07) is 8.03. The minimum absolute atomic E-state index is 0.0399. The predicted molar refractivity (Wildman–Crippen MR) is 115 cm³/mol. The molecule has 0 unspecified atom stereocenters. The topological polar surface area (TPSA) is 83.7 Å². The summed E-state index contributed by atoms with van der Waals surface area (Å²) >= 11 is 0. The number of carbonyl (C=O) groups is 1. The van der Waals surface area contributed by atoms with Crippen LogP contribution in [0.15, 0.2) is 28.8 Å². The van der Waals surface area contributed by atoms with Crippen molar-refractivity contribution in [2.45, 2.75) is 32.1 Å². The number of ether oxygens (including phenoxy) is 1. The second-order valence-electron chi connectivity index (χ2n) is 8.11. The number of carbonyl (C=O) groups excluding carboxylic acids is 1. The van der Waals surface area contributed by atoms with Crippen LogP contribution in [-0.4, -0.2) is 67.3 Å². The molecule has 162 valence electrons. The van der Waals surface area contributed by atoms with E-state index in [-0.39, 0.29) is 11.8 Å². The highest BCUT2D eigenvalue weighted by molar-refractivity contribution is 5.79. The van der Waals surface area contributed by atoms with Gasteiger partial charge >= 0.3 is 6.01 Å². The Morgan fingerprint density at radius 2 is 2.00 bits per heavy atom. The fourth-order valence-electron chi connectivity index (χ4n) is 4.23. The number of likely N-dealkylation sites (tertiary alicyclic amines) is 1. The summed E-state index contributed by atoms with van der Waals surface area (Å²) < 4.78 is 10.7. The molecule has 1 atom stereocenters. The minimum Gasteiger partial charge on any atom is -0.497 e. The fourth-order valence-corrected chi connectivity index (χ4v) is 4.23. The molecule has 1 amide bonds. The molecule has 1 N–H and O–H groups in total. The normalized spacial score (nSPS) is 19.8. The average Bonchev–Trinajstić information content (AvgIpc) is 3.49. The Bertz CT molecular complexity index is 816. The van der Waals surface area contributed by atoms with Gasteiger partial charge in [-0.2, -0.15) is 4.98 Å². The molecule has 3 heterocycles. The quantitative estimate of drug-likeness (QED) is 0.666. The van der Waals surface area contributed by atoms with Gasteiger partial charge in [-0.15, -0.1) is 0 Å². The Kier molecular flexibility index (Phi) is 6.84. The van der Waals surface area contributed by atoms with E-state index in [1.165, 1.54) is 25.9 Å². The highest BCUT2D eigenvalue weighted by atomic mass is 16.5. The summed E-state index contributed by atoms with van der Waals surface area (Å²) in [5.41, 5.74) is 0.870. The third kappa shape index (κ3) is 5.11. The van der Waals surface area contributed by atoms with E-state index >= 15 is 0 Å². The monoisotopic (exact) mass is 413 g/mol. The number of hydrogen-bond donors (Lipinski definition) is 1. The van der Waals surface area contributed by atoms with Crippen molar-refractivity contribution in [3.63, 3.8) is 0 Å². The maximum atomic E-state index is 12.6. The van der Waals surface area contributed by atoms with Gasteiger partial charge in [-0.1, -0.05) is 5.16 Å². The van der Waals surface area contributed by atoms with Crippen molar-refractivity contribution in [1.82, 2.24) is 20.4 Å². The highest BCUT2D eigenvalue weighted by Crippen LogP contribution is 2.25. The SMILES string of the molecule is COc1ccc(-c2noc(N3CCC[C@H](C(=O)NCCCN4CCCC4)C3)n2)cc1. The molecule has 0 radical (unpaired) electrons. The Labute approximate surface area is 177 Å². The van der Waals surface area contributed by atoms with Crippen molar-refractivity contribution < 1.29 is 14.1 Å². The van der Waals surface area contributed by atoms with Gasteiger partial charge in [0.25, 0.3) is 0 Å². The molecule has 4 rings (SSSR count). The molecule has 2 saturated heterocycles. The Morgan fingerprint density at radius 1 is 1.20 bits per heavy atom. The molecule has 0 aliphatic carbocycles. The number of piperidine rings is 1. The van der Waals surface area contributed by atoms with Crippen LogP contribution in [0.3, 0.4) is 0 Å². The summed E-state index contributed by atoms with van der Waals surface area (Å²) in [5.74, 6) is 1.42. The summed E-state index contributed by atoms with van der Waals surface area (Å²) in [7, 11) is 1.64. The van der Waals surface area contributed by atoms with E-state index in [0.29, 0.717) is 18.4 Å². The lowest BCUT2D eigenvalue weighted by Crippen LogP contribution is -2.43. The molecule has 0 bridgehead atoms. The first kappa shape index (κ1) is 20.7. The van der Waals surface area contributed by atoms with Crippen molar-refractivity contribution in [3.8, 4) is 17.1 Å². The van der Waals surface area contributed by atoms with Gasteiger partial charge in [-0.25, -0.2) is 0 Å². The molecule has 2 aliphatic rings. The maximum Gasteiger partial charge on any atom is 0.324 e. The van der Waals surface area contributed by atoms with Crippen molar-refractivity contribution in [2.24, 2.45) is 5.92 Å². The van der Waals surface area contributed by atoms with Crippen LogP contribution < -0.4 is 15.0 Å². The number of benzene rings is 1. The van der Waals surface area contributed by atoms with Crippen LogP contribution in [0.5, 0.6) is 5.75 Å². The Hall–Kier alpha value is -2.61. The first-order valence-electron chi connectivity index (χ1n) is 11.0. The second kappa shape index (κ2) is 9.93. The summed E-state index contributed by atoms with van der Waals surface area (Å²) in [5, 5.41) is 7.23. The van der Waals surface area contributed by atoms with Gasteiger partial charge in [0.1, 0.15) is 5.75 Å². The van der Waals surface area contributed by atoms with E-state index in [2.05, 4.69) is 20.4 Å².